The van der Waals surface area contributed by atoms with Gasteiger partial charge in [-0.1, -0.05) is 60.7 Å². The van der Waals surface area contributed by atoms with E-state index in [1.165, 1.54) is 0 Å². The zero-order valence-corrected chi connectivity index (χ0v) is 17.7. The van der Waals surface area contributed by atoms with Crippen LogP contribution in [0.3, 0.4) is 0 Å². The van der Waals surface area contributed by atoms with Crippen LogP contribution in [0.1, 0.15) is 23.6 Å². The third-order valence-corrected chi connectivity index (χ3v) is 4.98. The zero-order chi connectivity index (χ0) is 22.6. The molecule has 169 valence electrons. The smallest absolute Gasteiger partial charge is 0.318 e. The summed E-state index contributed by atoms with van der Waals surface area (Å²) >= 11 is 0. The summed E-state index contributed by atoms with van der Waals surface area (Å²) in [6, 6.07) is 18.5. The molecule has 0 aromatic heterocycles. The molecule has 0 spiro atoms. The number of phenols is 1. The van der Waals surface area contributed by atoms with Crippen molar-refractivity contribution < 1.29 is 37.1 Å². The molecule has 0 heterocycles. The number of benzene rings is 3. The number of non-ortho nitro benzene ring substituents is 1. The van der Waals surface area contributed by atoms with Crippen LogP contribution in [0, 0.1) is 20.2 Å². The normalized spacial score (nSPS) is 12.2. The van der Waals surface area contributed by atoms with E-state index in [9.17, 15) is 30.4 Å². The molecule has 0 fully saturated rings. The number of nitro groups is 2. The van der Waals surface area contributed by atoms with Gasteiger partial charge in [0, 0.05) is 34.9 Å². The van der Waals surface area contributed by atoms with Gasteiger partial charge in [0.25, 0.3) is 5.69 Å². The monoisotopic (exact) mass is 484 g/mol. The van der Waals surface area contributed by atoms with Crippen LogP contribution in [0.2, 0.25) is 0 Å². The molecular weight excluding hydrogens is 466 g/mol. The minimum atomic E-state index is -1.55. The zero-order valence-electron chi connectivity index (χ0n) is 16.8. The van der Waals surface area contributed by atoms with Crippen molar-refractivity contribution in [3.8, 4) is 5.75 Å². The molecule has 3 rings (SSSR count). The van der Waals surface area contributed by atoms with E-state index in [1.807, 2.05) is 12.1 Å². The molecule has 3 aromatic carbocycles. The number of hydrogen-bond donors (Lipinski definition) is 2. The molecule has 1 radical (unpaired) electrons. The van der Waals surface area contributed by atoms with E-state index in [1.54, 1.807) is 55.5 Å². The van der Waals surface area contributed by atoms with Gasteiger partial charge in [0.05, 0.1) is 22.0 Å². The molecular formula is C22H19CuN3O6. The van der Waals surface area contributed by atoms with Gasteiger partial charge in [-0.25, -0.2) is 0 Å². The molecule has 1 atom stereocenters. The van der Waals surface area contributed by atoms with Gasteiger partial charge >= 0.3 is 5.69 Å². The van der Waals surface area contributed by atoms with E-state index in [2.05, 4.69) is 4.99 Å². The van der Waals surface area contributed by atoms with E-state index in [4.69, 9.17) is 0 Å². The van der Waals surface area contributed by atoms with Crippen LogP contribution >= 0.6 is 0 Å². The largest absolute Gasteiger partial charge is 0.502 e. The third-order valence-electron chi connectivity index (χ3n) is 4.98. The average Bonchev–Trinajstić information content (AvgIpc) is 2.78. The second kappa shape index (κ2) is 10.1. The van der Waals surface area contributed by atoms with Crippen LogP contribution < -0.4 is 0 Å². The summed E-state index contributed by atoms with van der Waals surface area (Å²) in [6.45, 7) is 1.64. The van der Waals surface area contributed by atoms with E-state index in [0.29, 0.717) is 17.2 Å². The Balaban J connectivity index is 0.00000363. The minimum absolute atomic E-state index is 0. The summed E-state index contributed by atoms with van der Waals surface area (Å²) in [5.41, 5.74) is -1.97. The summed E-state index contributed by atoms with van der Waals surface area (Å²) < 4.78 is 0. The van der Waals surface area contributed by atoms with Gasteiger partial charge in [-0.2, -0.15) is 0 Å². The maximum Gasteiger partial charge on any atom is 0.318 e. The summed E-state index contributed by atoms with van der Waals surface area (Å²) in [5.74, 6) is -0.741. The molecule has 0 bridgehead atoms. The topological polar surface area (TPSA) is 139 Å². The van der Waals surface area contributed by atoms with Gasteiger partial charge < -0.3 is 10.2 Å². The van der Waals surface area contributed by atoms with E-state index < -0.39 is 38.6 Å². The summed E-state index contributed by atoms with van der Waals surface area (Å²) in [5, 5.41) is 44.1. The molecule has 9 nitrogen and oxygen atoms in total. The van der Waals surface area contributed by atoms with E-state index in [-0.39, 0.29) is 22.6 Å². The fraction of sp³-hybridized carbons (Fsp3) is 0.136. The molecule has 32 heavy (non-hydrogen) atoms. The second-order valence-corrected chi connectivity index (χ2v) is 6.87. The predicted molar refractivity (Wildman–Crippen MR) is 114 cm³/mol. The number of rotatable bonds is 7. The third kappa shape index (κ3) is 4.83. The Morgan fingerprint density at radius 2 is 1.44 bits per heavy atom. The number of hydrogen-bond acceptors (Lipinski definition) is 7. The van der Waals surface area contributed by atoms with Crippen molar-refractivity contribution in [1.29, 1.82) is 0 Å². The first-order valence-corrected chi connectivity index (χ1v) is 9.27. The van der Waals surface area contributed by atoms with E-state index in [0.717, 1.165) is 12.3 Å². The van der Waals surface area contributed by atoms with Crippen molar-refractivity contribution >= 4 is 17.6 Å². The molecule has 0 aliphatic heterocycles. The maximum atomic E-state index is 11.7. The van der Waals surface area contributed by atoms with Gasteiger partial charge in [-0.05, 0) is 18.1 Å². The van der Waals surface area contributed by atoms with Crippen LogP contribution in [-0.4, -0.2) is 32.3 Å². The van der Waals surface area contributed by atoms with Gasteiger partial charge in [0.1, 0.15) is 5.60 Å². The summed E-state index contributed by atoms with van der Waals surface area (Å²) in [4.78, 5) is 24.9. The molecule has 2 N–H and O–H groups in total. The number of nitrogens with zero attached hydrogens (tertiary/aromatic N) is 3. The fourth-order valence-electron chi connectivity index (χ4n) is 3.30. The van der Waals surface area contributed by atoms with Crippen molar-refractivity contribution in [2.24, 2.45) is 4.99 Å². The van der Waals surface area contributed by atoms with Crippen molar-refractivity contribution in [3.63, 3.8) is 0 Å². The van der Waals surface area contributed by atoms with Gasteiger partial charge in [-0.15, -0.1) is 0 Å². The first-order valence-electron chi connectivity index (χ1n) is 9.27. The molecule has 0 saturated heterocycles. The first-order chi connectivity index (χ1) is 14.7. The molecule has 0 saturated carbocycles. The van der Waals surface area contributed by atoms with Crippen molar-refractivity contribution in [2.75, 3.05) is 0 Å². The maximum absolute atomic E-state index is 11.7. The number of aliphatic hydroxyl groups is 1. The van der Waals surface area contributed by atoms with Gasteiger partial charge in [0.15, 0.2) is 0 Å². The predicted octanol–water partition coefficient (Wildman–Crippen LogP) is 3.95. The number of aliphatic imine (C=N–C) groups is 1. The van der Waals surface area contributed by atoms with Gasteiger partial charge in [0.2, 0.25) is 5.75 Å². The number of phenolic OH excluding ortho intramolecular Hbond substituents is 1. The minimum Gasteiger partial charge on any atom is -0.502 e. The first kappa shape index (κ1) is 24.7. The Kier molecular flexibility index (Phi) is 7.82. The standard InChI is InChI=1S/C22H19N3O6.Cu/c1-15(22(27,17-8-4-2-5-9-17)18-10-6-3-7-11-18)23-14-16-12-19(24(28)29)13-20(21(16)26)25(30)31;/h2-15,26-27H,1H3;/t15-;/m1./s1. The van der Waals surface area contributed by atoms with Gasteiger partial charge in [-0.3, -0.25) is 25.2 Å². The quantitative estimate of drug-likeness (QED) is 0.225. The Morgan fingerprint density at radius 3 is 1.88 bits per heavy atom. The van der Waals surface area contributed by atoms with E-state index >= 15 is 0 Å². The van der Waals surface area contributed by atoms with Crippen LogP contribution in [0.5, 0.6) is 5.75 Å². The Hall–Kier alpha value is -3.59. The molecule has 0 amide bonds. The van der Waals surface area contributed by atoms with Crippen molar-refractivity contribution in [1.82, 2.24) is 0 Å². The van der Waals surface area contributed by atoms with Crippen LogP contribution in [0.15, 0.2) is 77.8 Å². The summed E-state index contributed by atoms with van der Waals surface area (Å²) in [6.07, 6.45) is 1.09. The summed E-state index contributed by atoms with van der Waals surface area (Å²) in [7, 11) is 0. The SMILES string of the molecule is C[C@@H](N=Cc1cc([N+](=O)[O-])cc([N+](=O)[O-])c1O)C(O)(c1ccccc1)c1ccccc1.[Cu]. The Morgan fingerprint density at radius 1 is 0.938 bits per heavy atom. The molecule has 0 aliphatic rings. The second-order valence-electron chi connectivity index (χ2n) is 6.87. The molecule has 0 aliphatic carbocycles. The van der Waals surface area contributed by atoms with Crippen LogP contribution in [0.25, 0.3) is 0 Å². The van der Waals surface area contributed by atoms with Crippen molar-refractivity contribution in [2.45, 2.75) is 18.6 Å². The fourth-order valence-corrected chi connectivity index (χ4v) is 3.30. The Bertz CT molecular complexity index is 1100. The molecule has 10 heteroatoms. The van der Waals surface area contributed by atoms with Crippen molar-refractivity contribution in [3.05, 3.63) is 110 Å². The van der Waals surface area contributed by atoms with Crippen LogP contribution in [0.4, 0.5) is 11.4 Å². The number of aromatic hydroxyl groups is 1. The Labute approximate surface area is 193 Å². The number of nitro benzene ring substituents is 2. The average molecular weight is 485 g/mol. The molecule has 0 unspecified atom stereocenters. The molecule has 3 aromatic rings. The van der Waals surface area contributed by atoms with Crippen LogP contribution in [-0.2, 0) is 22.7 Å².